The van der Waals surface area contributed by atoms with Crippen molar-refractivity contribution in [1.29, 1.82) is 0 Å². The van der Waals surface area contributed by atoms with E-state index in [0.717, 1.165) is 0 Å². The summed E-state index contributed by atoms with van der Waals surface area (Å²) in [7, 11) is 0. The highest BCUT2D eigenvalue weighted by Gasteiger charge is 2.31. The molecule has 1 aliphatic rings. The maximum absolute atomic E-state index is 12.4. The Bertz CT molecular complexity index is 1200. The van der Waals surface area contributed by atoms with Gasteiger partial charge >= 0.3 is 0 Å². The van der Waals surface area contributed by atoms with Crippen molar-refractivity contribution in [2.45, 2.75) is 0 Å². The van der Waals surface area contributed by atoms with Crippen molar-refractivity contribution in [3.8, 4) is 0 Å². The molecule has 3 aromatic carbocycles. The predicted molar refractivity (Wildman–Crippen MR) is 121 cm³/mol. The van der Waals surface area contributed by atoms with Gasteiger partial charge in [-0.1, -0.05) is 35.3 Å². The molecule has 0 atom stereocenters. The molecular formula is C23H15Cl2N3O3. The lowest BCUT2D eigenvalue weighted by molar-refractivity contribution is -0.123. The highest BCUT2D eigenvalue weighted by Crippen LogP contribution is 2.27. The first-order valence-electron chi connectivity index (χ1n) is 9.20. The first-order chi connectivity index (χ1) is 14.9. The molecule has 0 saturated heterocycles. The summed E-state index contributed by atoms with van der Waals surface area (Å²) in [6.07, 6.45) is 0. The minimum atomic E-state index is -0.528. The Kier molecular flexibility index (Phi) is 5.75. The lowest BCUT2D eigenvalue weighted by atomic mass is 10.0. The number of amides is 3. The summed E-state index contributed by atoms with van der Waals surface area (Å²) in [5.41, 5.74) is 2.52. The van der Waals surface area contributed by atoms with Crippen molar-refractivity contribution in [2.75, 3.05) is 10.6 Å². The zero-order valence-corrected chi connectivity index (χ0v) is 17.4. The molecule has 0 saturated carbocycles. The Hall–Kier alpha value is -3.61. The normalized spacial score (nSPS) is 13.2. The van der Waals surface area contributed by atoms with Gasteiger partial charge < -0.3 is 10.6 Å². The summed E-state index contributed by atoms with van der Waals surface area (Å²) in [6, 6.07) is 19.9. The molecule has 0 spiro atoms. The molecule has 0 bridgehead atoms. The third kappa shape index (κ3) is 4.60. The van der Waals surface area contributed by atoms with Crippen molar-refractivity contribution < 1.29 is 14.4 Å². The Balaban J connectivity index is 1.54. The third-order valence-electron chi connectivity index (χ3n) is 4.58. The van der Waals surface area contributed by atoms with Gasteiger partial charge in [0.05, 0.1) is 5.57 Å². The number of rotatable bonds is 5. The molecule has 31 heavy (non-hydrogen) atoms. The average Bonchev–Trinajstić information content (AvgIpc) is 3.03. The number of hydrogen-bond acceptors (Lipinski definition) is 4. The molecule has 1 aliphatic heterocycles. The fourth-order valence-corrected chi connectivity index (χ4v) is 3.30. The maximum Gasteiger partial charge on any atom is 0.275 e. The quantitative estimate of drug-likeness (QED) is 0.489. The molecule has 6 nitrogen and oxygen atoms in total. The minimum absolute atomic E-state index is 0.130. The fraction of sp³-hybridized carbons (Fsp3) is 0. The second kappa shape index (κ2) is 8.63. The summed E-state index contributed by atoms with van der Waals surface area (Å²) in [5, 5.41) is 9.14. The molecule has 0 unspecified atom stereocenters. The SMILES string of the molecule is O=C1NC(=O)C(c2ccc(Cl)cc2)=C1Nc1ccc(C(=O)Nc2ccc(Cl)cc2)cc1. The molecule has 0 fully saturated rings. The van der Waals surface area contributed by atoms with E-state index in [1.807, 2.05) is 0 Å². The lowest BCUT2D eigenvalue weighted by Crippen LogP contribution is -2.24. The van der Waals surface area contributed by atoms with Crippen LogP contribution in [0.1, 0.15) is 15.9 Å². The summed E-state index contributed by atoms with van der Waals surface area (Å²) in [4.78, 5) is 37.0. The van der Waals surface area contributed by atoms with E-state index < -0.39 is 11.8 Å². The van der Waals surface area contributed by atoms with Crippen molar-refractivity contribution in [3.63, 3.8) is 0 Å². The Morgan fingerprint density at radius 3 is 1.87 bits per heavy atom. The number of hydrogen-bond donors (Lipinski definition) is 3. The van der Waals surface area contributed by atoms with Crippen LogP contribution in [0.4, 0.5) is 11.4 Å². The number of nitrogens with one attached hydrogen (secondary N) is 3. The molecular weight excluding hydrogens is 437 g/mol. The van der Waals surface area contributed by atoms with E-state index >= 15 is 0 Å². The van der Waals surface area contributed by atoms with Crippen molar-refractivity contribution in [1.82, 2.24) is 5.32 Å². The van der Waals surface area contributed by atoms with Crippen LogP contribution >= 0.6 is 23.2 Å². The summed E-state index contributed by atoms with van der Waals surface area (Å²) < 4.78 is 0. The molecule has 3 N–H and O–H groups in total. The van der Waals surface area contributed by atoms with Crippen LogP contribution in [0.5, 0.6) is 0 Å². The number of halogens is 2. The Morgan fingerprint density at radius 2 is 1.26 bits per heavy atom. The average molecular weight is 452 g/mol. The maximum atomic E-state index is 12.4. The summed E-state index contributed by atoms with van der Waals surface area (Å²) in [6.45, 7) is 0. The van der Waals surface area contributed by atoms with Gasteiger partial charge in [-0.3, -0.25) is 19.7 Å². The molecule has 0 aromatic heterocycles. The van der Waals surface area contributed by atoms with E-state index in [-0.39, 0.29) is 17.2 Å². The Labute approximate surface area is 187 Å². The molecule has 8 heteroatoms. The number of carbonyl (C=O) groups is 3. The third-order valence-corrected chi connectivity index (χ3v) is 5.09. The van der Waals surface area contributed by atoms with Gasteiger partial charge in [0.15, 0.2) is 0 Å². The number of anilines is 2. The van der Waals surface area contributed by atoms with E-state index in [1.165, 1.54) is 0 Å². The standard InChI is InChI=1S/C23H15Cl2N3O3/c24-15-5-1-13(2-6-15)19-20(23(31)28-22(19)30)26-17-9-3-14(4-10-17)21(29)27-18-11-7-16(25)8-12-18/h1-12H,(H,27,29)(H2,26,28,30,31). The summed E-state index contributed by atoms with van der Waals surface area (Å²) in [5.74, 6) is -1.31. The lowest BCUT2D eigenvalue weighted by Gasteiger charge is -2.10. The number of imide groups is 1. The molecule has 1 heterocycles. The van der Waals surface area contributed by atoms with Gasteiger partial charge in [-0.15, -0.1) is 0 Å². The van der Waals surface area contributed by atoms with Gasteiger partial charge in [0.2, 0.25) is 0 Å². The van der Waals surface area contributed by atoms with Crippen LogP contribution in [0.15, 0.2) is 78.5 Å². The van der Waals surface area contributed by atoms with E-state index in [4.69, 9.17) is 23.2 Å². The van der Waals surface area contributed by atoms with Crippen molar-refractivity contribution in [2.24, 2.45) is 0 Å². The zero-order chi connectivity index (χ0) is 22.0. The van der Waals surface area contributed by atoms with Gasteiger partial charge in [-0.05, 0) is 66.2 Å². The second-order valence-electron chi connectivity index (χ2n) is 6.70. The first-order valence-corrected chi connectivity index (χ1v) is 9.96. The first kappa shape index (κ1) is 20.7. The molecule has 0 aliphatic carbocycles. The smallest absolute Gasteiger partial charge is 0.275 e. The van der Waals surface area contributed by atoms with Crippen LogP contribution < -0.4 is 16.0 Å². The van der Waals surface area contributed by atoms with E-state index in [0.29, 0.717) is 32.5 Å². The van der Waals surface area contributed by atoms with E-state index in [1.54, 1.807) is 72.8 Å². The topological polar surface area (TPSA) is 87.3 Å². The molecule has 4 rings (SSSR count). The fourth-order valence-electron chi connectivity index (χ4n) is 3.05. The highest BCUT2D eigenvalue weighted by atomic mass is 35.5. The second-order valence-corrected chi connectivity index (χ2v) is 7.58. The molecule has 3 aromatic rings. The van der Waals surface area contributed by atoms with Gasteiger partial charge in [0, 0.05) is 27.0 Å². The van der Waals surface area contributed by atoms with Gasteiger partial charge in [-0.25, -0.2) is 0 Å². The molecule has 3 amide bonds. The zero-order valence-electron chi connectivity index (χ0n) is 15.9. The van der Waals surface area contributed by atoms with Crippen LogP contribution in [-0.4, -0.2) is 17.7 Å². The van der Waals surface area contributed by atoms with E-state index in [2.05, 4.69) is 16.0 Å². The number of carbonyl (C=O) groups excluding carboxylic acids is 3. The molecule has 154 valence electrons. The van der Waals surface area contributed by atoms with Crippen LogP contribution in [0.25, 0.3) is 5.57 Å². The van der Waals surface area contributed by atoms with Gasteiger partial charge in [-0.2, -0.15) is 0 Å². The summed E-state index contributed by atoms with van der Waals surface area (Å²) >= 11 is 11.8. The molecule has 0 radical (unpaired) electrons. The minimum Gasteiger partial charge on any atom is -0.350 e. The van der Waals surface area contributed by atoms with Gasteiger partial charge in [0.25, 0.3) is 17.7 Å². The van der Waals surface area contributed by atoms with Crippen LogP contribution in [-0.2, 0) is 9.59 Å². The highest BCUT2D eigenvalue weighted by molar-refractivity contribution is 6.37. The van der Waals surface area contributed by atoms with Crippen LogP contribution in [0.2, 0.25) is 10.0 Å². The van der Waals surface area contributed by atoms with Crippen molar-refractivity contribution in [3.05, 3.63) is 99.7 Å². The monoisotopic (exact) mass is 451 g/mol. The van der Waals surface area contributed by atoms with Gasteiger partial charge in [0.1, 0.15) is 5.70 Å². The van der Waals surface area contributed by atoms with Crippen LogP contribution in [0, 0.1) is 0 Å². The van der Waals surface area contributed by atoms with E-state index in [9.17, 15) is 14.4 Å². The Morgan fingerprint density at radius 1 is 0.710 bits per heavy atom. The van der Waals surface area contributed by atoms with Crippen LogP contribution in [0.3, 0.4) is 0 Å². The predicted octanol–water partition coefficient (Wildman–Crippen LogP) is 4.73. The number of benzene rings is 3. The van der Waals surface area contributed by atoms with Crippen molar-refractivity contribution >= 4 is 57.9 Å². The largest absolute Gasteiger partial charge is 0.350 e.